The predicted octanol–water partition coefficient (Wildman–Crippen LogP) is 5.08. The number of unbranched alkanes of at least 4 members (excludes halogenated alkanes) is 1. The van der Waals surface area contributed by atoms with E-state index in [0.717, 1.165) is 62.8 Å². The Morgan fingerprint density at radius 2 is 2.00 bits per heavy atom. The summed E-state index contributed by atoms with van der Waals surface area (Å²) in [5.41, 5.74) is 0.776. The van der Waals surface area contributed by atoms with Crippen LogP contribution >= 0.6 is 0 Å². The Morgan fingerprint density at radius 3 is 2.70 bits per heavy atom. The number of rotatable bonds is 7. The zero-order chi connectivity index (χ0) is 21.7. The maximum absolute atomic E-state index is 13.3. The van der Waals surface area contributed by atoms with E-state index in [1.807, 2.05) is 13.1 Å². The molecule has 1 unspecified atom stereocenters. The van der Waals surface area contributed by atoms with Crippen molar-refractivity contribution in [2.45, 2.75) is 58.2 Å². The minimum absolute atomic E-state index is 0.192. The van der Waals surface area contributed by atoms with Gasteiger partial charge in [0.1, 0.15) is 5.82 Å². The molecule has 3 rings (SSSR count). The van der Waals surface area contributed by atoms with Crippen molar-refractivity contribution in [1.29, 1.82) is 0 Å². The third kappa shape index (κ3) is 5.62. The number of hydrogen-bond acceptors (Lipinski definition) is 5. The van der Waals surface area contributed by atoms with Crippen LogP contribution in [0.2, 0.25) is 0 Å². The molecule has 0 saturated carbocycles. The molecular weight excluding hydrogens is 391 g/mol. The highest BCUT2D eigenvalue weighted by Gasteiger charge is 2.32. The minimum atomic E-state index is -4.40. The van der Waals surface area contributed by atoms with Gasteiger partial charge < -0.3 is 15.5 Å². The summed E-state index contributed by atoms with van der Waals surface area (Å²) in [7, 11) is 1.96. The Hall–Kier alpha value is -2.35. The molecule has 1 atom stereocenters. The van der Waals surface area contributed by atoms with Gasteiger partial charge in [-0.2, -0.15) is 18.2 Å². The van der Waals surface area contributed by atoms with E-state index in [-0.39, 0.29) is 5.56 Å². The van der Waals surface area contributed by atoms with Crippen molar-refractivity contribution < 1.29 is 13.2 Å². The van der Waals surface area contributed by atoms with Gasteiger partial charge in [-0.25, -0.2) is 4.98 Å². The molecule has 1 aromatic carbocycles. The average Bonchev–Trinajstić information content (AvgIpc) is 2.72. The van der Waals surface area contributed by atoms with Gasteiger partial charge in [-0.1, -0.05) is 19.4 Å². The molecule has 30 heavy (non-hydrogen) atoms. The van der Waals surface area contributed by atoms with Crippen LogP contribution in [0.3, 0.4) is 0 Å². The van der Waals surface area contributed by atoms with Crippen LogP contribution in [0.15, 0.2) is 24.3 Å². The Morgan fingerprint density at radius 1 is 1.20 bits per heavy atom. The van der Waals surface area contributed by atoms with Crippen LogP contribution < -0.4 is 15.5 Å². The van der Waals surface area contributed by atoms with Crippen molar-refractivity contribution in [3.05, 3.63) is 41.1 Å². The lowest BCUT2D eigenvalue weighted by molar-refractivity contribution is -0.138. The van der Waals surface area contributed by atoms with Gasteiger partial charge in [0.05, 0.1) is 5.56 Å². The molecule has 1 fully saturated rings. The molecule has 2 N–H and O–H groups in total. The van der Waals surface area contributed by atoms with E-state index in [9.17, 15) is 13.2 Å². The van der Waals surface area contributed by atoms with Crippen LogP contribution in [0.1, 0.15) is 49.4 Å². The van der Waals surface area contributed by atoms with Gasteiger partial charge in [-0.15, -0.1) is 0 Å². The van der Waals surface area contributed by atoms with E-state index in [4.69, 9.17) is 0 Å². The second kappa shape index (κ2) is 9.64. The highest BCUT2D eigenvalue weighted by molar-refractivity contribution is 5.58. The predicted molar refractivity (Wildman–Crippen MR) is 114 cm³/mol. The topological polar surface area (TPSA) is 53.1 Å². The van der Waals surface area contributed by atoms with Crippen molar-refractivity contribution in [1.82, 2.24) is 15.3 Å². The summed E-state index contributed by atoms with van der Waals surface area (Å²) in [6.45, 7) is 5.34. The second-order valence-electron chi connectivity index (χ2n) is 7.87. The summed E-state index contributed by atoms with van der Waals surface area (Å²) in [5, 5.41) is 6.33. The Balaban J connectivity index is 1.90. The molecule has 1 saturated heterocycles. The van der Waals surface area contributed by atoms with Gasteiger partial charge >= 0.3 is 6.18 Å². The molecule has 1 aliphatic heterocycles. The summed E-state index contributed by atoms with van der Waals surface area (Å²) in [6, 6.07) is 6.62. The van der Waals surface area contributed by atoms with Crippen molar-refractivity contribution in [3.8, 4) is 0 Å². The molecule has 0 aliphatic carbocycles. The van der Waals surface area contributed by atoms with Crippen LogP contribution in [0.25, 0.3) is 0 Å². The maximum atomic E-state index is 13.3. The van der Waals surface area contributed by atoms with E-state index < -0.39 is 11.7 Å². The lowest BCUT2D eigenvalue weighted by Gasteiger charge is -2.33. The fraction of sp³-hybridized carbons (Fsp3) is 0.545. The molecule has 1 aliphatic rings. The number of aromatic nitrogens is 2. The van der Waals surface area contributed by atoms with E-state index in [0.29, 0.717) is 17.7 Å². The van der Waals surface area contributed by atoms with Gasteiger partial charge in [0.2, 0.25) is 5.95 Å². The van der Waals surface area contributed by atoms with Crippen LogP contribution in [-0.4, -0.2) is 36.1 Å². The molecule has 0 spiro atoms. The van der Waals surface area contributed by atoms with Crippen molar-refractivity contribution >= 4 is 17.5 Å². The normalized spacial score (nSPS) is 17.3. The number of hydrogen-bond donors (Lipinski definition) is 2. The van der Waals surface area contributed by atoms with Crippen molar-refractivity contribution in [2.75, 3.05) is 30.4 Å². The highest BCUT2D eigenvalue weighted by Crippen LogP contribution is 2.34. The maximum Gasteiger partial charge on any atom is 0.416 e. The molecule has 0 amide bonds. The second-order valence-corrected chi connectivity index (χ2v) is 7.87. The summed E-state index contributed by atoms with van der Waals surface area (Å²) in [6.07, 6.45) is 0.641. The van der Waals surface area contributed by atoms with Gasteiger partial charge in [0.25, 0.3) is 0 Å². The Bertz CT molecular complexity index is 853. The van der Waals surface area contributed by atoms with Gasteiger partial charge in [-0.05, 0) is 57.4 Å². The quantitative estimate of drug-likeness (QED) is 0.653. The number of benzene rings is 1. The van der Waals surface area contributed by atoms with Gasteiger partial charge in [0, 0.05) is 36.6 Å². The number of likely N-dealkylation sites (N-methyl/N-ethyl adjacent to an activating group) is 1. The number of nitrogens with one attached hydrogen (secondary N) is 2. The van der Waals surface area contributed by atoms with E-state index >= 15 is 0 Å². The molecule has 1 aromatic heterocycles. The summed E-state index contributed by atoms with van der Waals surface area (Å²) in [4.78, 5) is 11.4. The van der Waals surface area contributed by atoms with Crippen molar-refractivity contribution in [3.63, 3.8) is 0 Å². The highest BCUT2D eigenvalue weighted by atomic mass is 19.4. The van der Waals surface area contributed by atoms with E-state index in [1.54, 1.807) is 6.07 Å². The van der Waals surface area contributed by atoms with Gasteiger partial charge in [0.15, 0.2) is 0 Å². The average molecular weight is 422 g/mol. The number of aryl methyl sites for hydroxylation is 2. The fourth-order valence-electron chi connectivity index (χ4n) is 3.74. The zero-order valence-electron chi connectivity index (χ0n) is 17.8. The number of alkyl halides is 3. The van der Waals surface area contributed by atoms with Crippen LogP contribution in [-0.2, 0) is 12.6 Å². The van der Waals surface area contributed by atoms with Crippen LogP contribution in [0, 0.1) is 6.92 Å². The first-order chi connectivity index (χ1) is 14.3. The molecule has 8 heteroatoms. The van der Waals surface area contributed by atoms with Crippen LogP contribution in [0.4, 0.5) is 30.6 Å². The summed E-state index contributed by atoms with van der Waals surface area (Å²) in [5.74, 6) is 1.16. The molecule has 0 radical (unpaired) electrons. The molecule has 2 aromatic rings. The largest absolute Gasteiger partial charge is 0.416 e. The summed E-state index contributed by atoms with van der Waals surface area (Å²) >= 11 is 0. The fourth-order valence-corrected chi connectivity index (χ4v) is 3.74. The molecule has 2 heterocycles. The number of nitrogens with zero attached hydrogens (tertiary/aromatic N) is 3. The SMILES string of the molecule is CCCCc1cc(N2CCCC(NC)C2)nc(Nc2ccc(C)c(C(F)(F)F)c2)n1. The monoisotopic (exact) mass is 421 g/mol. The van der Waals surface area contributed by atoms with Crippen molar-refractivity contribution in [2.24, 2.45) is 0 Å². The third-order valence-corrected chi connectivity index (χ3v) is 5.50. The lowest BCUT2D eigenvalue weighted by Crippen LogP contribution is -2.44. The van der Waals surface area contributed by atoms with E-state index in [2.05, 4.69) is 32.4 Å². The number of halogens is 3. The standard InChI is InChI=1S/C22H30F3N5/c1-4-5-7-16-13-20(30-11-6-8-18(14-30)26-3)29-21(27-16)28-17-10-9-15(2)19(12-17)22(23,24)25/h9-10,12-13,18,26H,4-8,11,14H2,1-3H3,(H,27,28,29). The zero-order valence-corrected chi connectivity index (χ0v) is 17.8. The minimum Gasteiger partial charge on any atom is -0.355 e. The van der Waals surface area contributed by atoms with Gasteiger partial charge in [-0.3, -0.25) is 0 Å². The Labute approximate surface area is 176 Å². The summed E-state index contributed by atoms with van der Waals surface area (Å²) < 4.78 is 39.8. The first kappa shape index (κ1) is 22.3. The number of piperidine rings is 1. The lowest BCUT2D eigenvalue weighted by atomic mass is 10.1. The van der Waals surface area contributed by atoms with E-state index in [1.165, 1.54) is 13.0 Å². The third-order valence-electron chi connectivity index (χ3n) is 5.50. The van der Waals surface area contributed by atoms with Crippen LogP contribution in [0.5, 0.6) is 0 Å². The molecular formula is C22H30F3N5. The molecule has 0 bridgehead atoms. The Kier molecular flexibility index (Phi) is 7.18. The smallest absolute Gasteiger partial charge is 0.355 e. The molecule has 5 nitrogen and oxygen atoms in total. The number of anilines is 3. The first-order valence-electron chi connectivity index (χ1n) is 10.5. The first-order valence-corrected chi connectivity index (χ1v) is 10.5. The molecule has 164 valence electrons.